The smallest absolute Gasteiger partial charge is 0.0623 e. The Morgan fingerprint density at radius 1 is 0.577 bits per heavy atom. The predicted molar refractivity (Wildman–Crippen MR) is 115 cm³/mol. The molecule has 0 spiro atoms. The van der Waals surface area contributed by atoms with Crippen LogP contribution in [0.4, 0.5) is 0 Å². The molecule has 26 heavy (non-hydrogen) atoms. The van der Waals surface area contributed by atoms with Gasteiger partial charge in [0.05, 0.1) is 12.3 Å². The van der Waals surface area contributed by atoms with E-state index in [-0.39, 0.29) is 40.1 Å². The van der Waals surface area contributed by atoms with Gasteiger partial charge in [0.25, 0.3) is 0 Å². The van der Waals surface area contributed by atoms with Gasteiger partial charge >= 0.3 is 0 Å². The van der Waals surface area contributed by atoms with Gasteiger partial charge in [-0.25, -0.2) is 0 Å². The van der Waals surface area contributed by atoms with E-state index in [0.717, 1.165) is 0 Å². The first-order valence-corrected chi connectivity index (χ1v) is 10.3. The van der Waals surface area contributed by atoms with Crippen molar-refractivity contribution in [3.63, 3.8) is 0 Å². The quantitative estimate of drug-likeness (QED) is 0.387. The normalized spacial score (nSPS) is 16.1. The lowest BCUT2D eigenvalue weighted by Gasteiger charge is -2.34. The Morgan fingerprint density at radius 2 is 1.12 bits per heavy atom. The first-order chi connectivity index (χ1) is 16.6. The van der Waals surface area contributed by atoms with Gasteiger partial charge in [0.1, 0.15) is 0 Å². The third-order valence-corrected chi connectivity index (χ3v) is 8.81. The molecule has 4 aromatic carbocycles. The molecule has 0 amide bonds. The zero-order chi connectivity index (χ0) is 25.7. The monoisotopic (exact) mass is 359 g/mol. The van der Waals surface area contributed by atoms with E-state index in [2.05, 4.69) is 0 Å². The Hall–Kier alpha value is -2.90. The number of hydrogen-bond acceptors (Lipinski definition) is 0. The van der Waals surface area contributed by atoms with Gasteiger partial charge in [-0.3, -0.25) is 0 Å². The van der Waals surface area contributed by atoms with E-state index >= 15 is 0 Å². The van der Waals surface area contributed by atoms with Gasteiger partial charge in [0.15, 0.2) is 8.07 Å². The topological polar surface area (TPSA) is 0 Å². The summed E-state index contributed by atoms with van der Waals surface area (Å²) in [4.78, 5) is 0. The van der Waals surface area contributed by atoms with E-state index in [4.69, 9.17) is 12.3 Å². The fourth-order valence-corrected chi connectivity index (χ4v) is 7.56. The van der Waals surface area contributed by atoms with Gasteiger partial charge < -0.3 is 0 Å². The highest BCUT2D eigenvalue weighted by atomic mass is 28.3. The van der Waals surface area contributed by atoms with Crippen molar-refractivity contribution in [2.24, 2.45) is 0 Å². The van der Waals surface area contributed by atoms with Gasteiger partial charge in [-0.2, -0.15) is 0 Å². The second-order valence-electron chi connectivity index (χ2n) is 5.98. The summed E-state index contributed by atoms with van der Waals surface area (Å²) in [6.45, 7) is 1.54. The standard InChI is InChI=1S/C25H22Si/c1-21-12-11-19-25(20-21)26(22-13-5-2-6-14-22,23-15-7-3-8-16-23)24-17-9-4-10-18-24/h2-20H,1H3/i2D,5D,6D,11D,12D,13D,14D,19D,20D. The second-order valence-corrected chi connectivity index (χ2v) is 9.64. The van der Waals surface area contributed by atoms with Crippen molar-refractivity contribution >= 4 is 28.8 Å². The van der Waals surface area contributed by atoms with Crippen LogP contribution in [0.25, 0.3) is 0 Å². The SMILES string of the molecule is [2H]c1c([2H])c([2H])c([Si](c2ccccc2)(c2ccccc2)c2c([2H])c([2H])c([2H])c(C)c2[2H])c([2H])c1[2H]. The summed E-state index contributed by atoms with van der Waals surface area (Å²) in [6.07, 6.45) is 0. The van der Waals surface area contributed by atoms with Crippen molar-refractivity contribution < 1.29 is 12.3 Å². The van der Waals surface area contributed by atoms with Crippen LogP contribution in [-0.2, 0) is 0 Å². The van der Waals surface area contributed by atoms with Crippen molar-refractivity contribution in [3.05, 3.63) is 121 Å². The van der Waals surface area contributed by atoms with E-state index in [1.165, 1.54) is 0 Å². The predicted octanol–water partition coefficient (Wildman–Crippen LogP) is 3.37. The average molecular weight is 360 g/mol. The van der Waals surface area contributed by atoms with Crippen molar-refractivity contribution in [1.29, 1.82) is 0 Å². The minimum Gasteiger partial charge on any atom is -0.0623 e. The Bertz CT molecular complexity index is 1270. The zero-order valence-electron chi connectivity index (χ0n) is 23.3. The van der Waals surface area contributed by atoms with E-state index < -0.39 is 38.3 Å². The van der Waals surface area contributed by atoms with E-state index in [1.54, 1.807) is 67.6 Å². The van der Waals surface area contributed by atoms with Crippen molar-refractivity contribution in [1.82, 2.24) is 0 Å². The molecule has 0 saturated carbocycles. The molecule has 0 nitrogen and oxygen atoms in total. The molecule has 0 saturated heterocycles. The van der Waals surface area contributed by atoms with Crippen LogP contribution < -0.4 is 20.7 Å². The maximum absolute atomic E-state index is 9.03. The van der Waals surface area contributed by atoms with Gasteiger partial charge in [-0.1, -0.05) is 121 Å². The third-order valence-electron chi connectivity index (χ3n) is 4.41. The molecule has 0 aliphatic rings. The minimum absolute atomic E-state index is 0.0273. The summed E-state index contributed by atoms with van der Waals surface area (Å²) < 4.78 is 77.3. The summed E-state index contributed by atoms with van der Waals surface area (Å²) in [6, 6.07) is 14.5. The number of hydrogen-bond donors (Lipinski definition) is 0. The van der Waals surface area contributed by atoms with Crippen LogP contribution in [0.3, 0.4) is 0 Å². The molecule has 0 aliphatic heterocycles. The minimum atomic E-state index is -3.93. The van der Waals surface area contributed by atoms with Crippen molar-refractivity contribution in [2.45, 2.75) is 6.92 Å². The molecule has 0 radical (unpaired) electrons. The lowest BCUT2D eigenvalue weighted by molar-refractivity contribution is 1.49. The molecule has 0 atom stereocenters. The molecule has 4 aromatic rings. The largest absolute Gasteiger partial charge is 0.179 e. The summed E-state index contributed by atoms with van der Waals surface area (Å²) in [5, 5.41) is 1.39. The molecule has 126 valence electrons. The van der Waals surface area contributed by atoms with Gasteiger partial charge in [0, 0.05) is 0 Å². The summed E-state index contributed by atoms with van der Waals surface area (Å²) in [5.41, 5.74) is 0.206. The summed E-state index contributed by atoms with van der Waals surface area (Å²) in [5.74, 6) is 0. The second kappa shape index (κ2) is 7.15. The van der Waals surface area contributed by atoms with Gasteiger partial charge in [0.2, 0.25) is 0 Å². The maximum atomic E-state index is 9.03. The van der Waals surface area contributed by atoms with Gasteiger partial charge in [-0.15, -0.1) is 0 Å². The van der Waals surface area contributed by atoms with Crippen molar-refractivity contribution in [2.75, 3.05) is 0 Å². The highest BCUT2D eigenvalue weighted by Gasteiger charge is 2.41. The molecule has 0 fully saturated rings. The Labute approximate surface area is 169 Å². The Kier molecular flexibility index (Phi) is 2.52. The number of rotatable bonds is 4. The van der Waals surface area contributed by atoms with Crippen LogP contribution in [0.2, 0.25) is 0 Å². The third kappa shape index (κ3) is 2.81. The molecular formula is C25H22Si. The molecule has 4 rings (SSSR count). The van der Waals surface area contributed by atoms with Crippen LogP contribution >= 0.6 is 0 Å². The van der Waals surface area contributed by atoms with E-state index in [9.17, 15) is 0 Å². The Balaban J connectivity index is 2.41. The molecule has 0 bridgehead atoms. The molecule has 0 aromatic heterocycles. The Morgan fingerprint density at radius 3 is 1.69 bits per heavy atom. The van der Waals surface area contributed by atoms with Crippen LogP contribution in [0.5, 0.6) is 0 Å². The first kappa shape index (κ1) is 9.16. The van der Waals surface area contributed by atoms with Crippen LogP contribution in [-0.4, -0.2) is 8.07 Å². The molecule has 0 unspecified atom stereocenters. The molecule has 0 N–H and O–H groups in total. The molecule has 0 aliphatic carbocycles. The lowest BCUT2D eigenvalue weighted by Crippen LogP contribution is -2.74. The average Bonchev–Trinajstić information content (AvgIpc) is 2.88. The van der Waals surface area contributed by atoms with E-state index in [1.807, 2.05) is 0 Å². The maximum Gasteiger partial charge on any atom is 0.179 e. The van der Waals surface area contributed by atoms with E-state index in [0.29, 0.717) is 10.4 Å². The van der Waals surface area contributed by atoms with Crippen LogP contribution in [0.15, 0.2) is 115 Å². The van der Waals surface area contributed by atoms with Crippen LogP contribution in [0.1, 0.15) is 17.9 Å². The molecule has 0 heterocycles. The fourth-order valence-electron chi connectivity index (χ4n) is 3.31. The summed E-state index contributed by atoms with van der Waals surface area (Å²) >= 11 is 0. The van der Waals surface area contributed by atoms with Crippen LogP contribution in [0, 0.1) is 6.92 Å². The van der Waals surface area contributed by atoms with Crippen molar-refractivity contribution in [3.8, 4) is 0 Å². The highest BCUT2D eigenvalue weighted by Crippen LogP contribution is 2.10. The molecule has 1 heteroatoms. The lowest BCUT2D eigenvalue weighted by atomic mass is 10.2. The summed E-state index contributed by atoms with van der Waals surface area (Å²) in [7, 11) is -3.93. The molecular weight excluding hydrogens is 328 g/mol. The van der Waals surface area contributed by atoms with Gasteiger partial charge in [-0.05, 0) is 27.7 Å². The highest BCUT2D eigenvalue weighted by molar-refractivity contribution is 7.19. The number of benzene rings is 4. The zero-order valence-corrected chi connectivity index (χ0v) is 15.3. The fraction of sp³-hybridized carbons (Fsp3) is 0.0400. The first-order valence-electron chi connectivity index (χ1n) is 12.8.